The lowest BCUT2D eigenvalue weighted by Crippen LogP contribution is -2.60. The highest BCUT2D eigenvalue weighted by atomic mass is 32.1. The maximum absolute atomic E-state index is 3.81. The lowest BCUT2D eigenvalue weighted by molar-refractivity contribution is 0.116. The fraction of sp³-hybridized carbons (Fsp3) is 0.750. The minimum Gasteiger partial charge on any atom is -0.309 e. The Bertz CT molecular complexity index is 404. The van der Waals surface area contributed by atoms with Crippen LogP contribution in [0.1, 0.15) is 44.4 Å². The van der Waals surface area contributed by atoms with Crippen LogP contribution in [-0.4, -0.2) is 36.6 Å². The van der Waals surface area contributed by atoms with Gasteiger partial charge in [0.15, 0.2) is 0 Å². The molecule has 1 aliphatic carbocycles. The first-order chi connectivity index (χ1) is 9.10. The number of thiophene rings is 1. The van der Waals surface area contributed by atoms with Crippen molar-refractivity contribution in [3.05, 3.63) is 22.4 Å². The maximum Gasteiger partial charge on any atom is 0.0309 e. The number of hydrogen-bond donors (Lipinski definition) is 1. The van der Waals surface area contributed by atoms with Gasteiger partial charge in [-0.3, -0.25) is 4.90 Å². The van der Waals surface area contributed by atoms with Gasteiger partial charge in [0.1, 0.15) is 0 Å². The van der Waals surface area contributed by atoms with E-state index in [0.29, 0.717) is 5.54 Å². The Morgan fingerprint density at radius 1 is 1.37 bits per heavy atom. The quantitative estimate of drug-likeness (QED) is 0.913. The van der Waals surface area contributed by atoms with Crippen LogP contribution in [0.5, 0.6) is 0 Å². The Morgan fingerprint density at radius 2 is 2.16 bits per heavy atom. The van der Waals surface area contributed by atoms with E-state index in [1.54, 1.807) is 0 Å². The molecule has 1 saturated heterocycles. The van der Waals surface area contributed by atoms with Crippen LogP contribution >= 0.6 is 11.3 Å². The van der Waals surface area contributed by atoms with Gasteiger partial charge in [-0.25, -0.2) is 0 Å². The second-order valence-electron chi connectivity index (χ2n) is 6.99. The molecule has 0 bridgehead atoms. The average Bonchev–Trinajstić information content (AvgIpc) is 3.00. The van der Waals surface area contributed by atoms with Gasteiger partial charge in [0.05, 0.1) is 0 Å². The Labute approximate surface area is 121 Å². The molecule has 0 atom stereocenters. The standard InChI is InChI=1S/C16H26N2S/c1-15(2,14-6-5-11-19-14)12-18-10-9-17-16(13-18)7-3-4-8-16/h5-6,11,17H,3-4,7-10,12-13H2,1-2H3. The largest absolute Gasteiger partial charge is 0.309 e. The third-order valence-electron chi connectivity index (χ3n) is 4.82. The highest BCUT2D eigenvalue weighted by molar-refractivity contribution is 7.10. The van der Waals surface area contributed by atoms with E-state index in [4.69, 9.17) is 0 Å². The van der Waals surface area contributed by atoms with Crippen molar-refractivity contribution in [1.82, 2.24) is 10.2 Å². The molecule has 2 fully saturated rings. The fourth-order valence-electron chi connectivity index (χ4n) is 3.86. The molecule has 106 valence electrons. The molecule has 1 aromatic heterocycles. The van der Waals surface area contributed by atoms with E-state index in [1.165, 1.54) is 56.7 Å². The SMILES string of the molecule is CC(C)(CN1CCNC2(CCCC2)C1)c1cccs1. The van der Waals surface area contributed by atoms with Gasteiger partial charge >= 0.3 is 0 Å². The topological polar surface area (TPSA) is 15.3 Å². The lowest BCUT2D eigenvalue weighted by atomic mass is 9.88. The molecule has 19 heavy (non-hydrogen) atoms. The van der Waals surface area contributed by atoms with Gasteiger partial charge in [-0.1, -0.05) is 32.8 Å². The highest BCUT2D eigenvalue weighted by Crippen LogP contribution is 2.34. The molecule has 3 rings (SSSR count). The molecule has 2 aliphatic rings. The van der Waals surface area contributed by atoms with E-state index in [-0.39, 0.29) is 5.41 Å². The van der Waals surface area contributed by atoms with Crippen molar-refractivity contribution in [3.8, 4) is 0 Å². The van der Waals surface area contributed by atoms with Gasteiger partial charge in [-0.2, -0.15) is 0 Å². The normalized spacial score (nSPS) is 24.1. The fourth-order valence-corrected chi connectivity index (χ4v) is 4.71. The third kappa shape index (κ3) is 2.88. The summed E-state index contributed by atoms with van der Waals surface area (Å²) < 4.78 is 0. The monoisotopic (exact) mass is 278 g/mol. The van der Waals surface area contributed by atoms with E-state index < -0.39 is 0 Å². The number of rotatable bonds is 3. The van der Waals surface area contributed by atoms with Gasteiger partial charge < -0.3 is 5.32 Å². The molecule has 0 aromatic carbocycles. The minimum absolute atomic E-state index is 0.283. The predicted octanol–water partition coefficient (Wildman–Crippen LogP) is 3.24. The first-order valence-corrected chi connectivity index (χ1v) is 8.49. The van der Waals surface area contributed by atoms with Crippen molar-refractivity contribution in [3.63, 3.8) is 0 Å². The molecule has 1 spiro atoms. The number of hydrogen-bond acceptors (Lipinski definition) is 3. The van der Waals surface area contributed by atoms with E-state index in [2.05, 4.69) is 41.6 Å². The zero-order valence-electron chi connectivity index (χ0n) is 12.2. The summed E-state index contributed by atoms with van der Waals surface area (Å²) in [5.41, 5.74) is 0.731. The zero-order valence-corrected chi connectivity index (χ0v) is 13.1. The lowest BCUT2D eigenvalue weighted by Gasteiger charge is -2.44. The molecule has 0 amide bonds. The summed E-state index contributed by atoms with van der Waals surface area (Å²) in [5.74, 6) is 0. The van der Waals surface area contributed by atoms with Crippen LogP contribution in [0.15, 0.2) is 17.5 Å². The Kier molecular flexibility index (Phi) is 3.71. The third-order valence-corrected chi connectivity index (χ3v) is 6.06. The summed E-state index contributed by atoms with van der Waals surface area (Å²) >= 11 is 1.90. The van der Waals surface area contributed by atoms with Crippen LogP contribution in [-0.2, 0) is 5.41 Å². The average molecular weight is 278 g/mol. The van der Waals surface area contributed by atoms with E-state index in [9.17, 15) is 0 Å². The van der Waals surface area contributed by atoms with Crippen LogP contribution in [0.25, 0.3) is 0 Å². The summed E-state index contributed by atoms with van der Waals surface area (Å²) in [7, 11) is 0. The van der Waals surface area contributed by atoms with Gasteiger partial charge in [-0.15, -0.1) is 11.3 Å². The van der Waals surface area contributed by atoms with Gasteiger partial charge in [0.2, 0.25) is 0 Å². The zero-order chi connectivity index (χ0) is 13.3. The molecule has 1 aliphatic heterocycles. The molecule has 2 heterocycles. The van der Waals surface area contributed by atoms with Crippen molar-refractivity contribution in [1.29, 1.82) is 0 Å². The first-order valence-electron chi connectivity index (χ1n) is 7.61. The summed E-state index contributed by atoms with van der Waals surface area (Å²) in [5, 5.41) is 6.01. The molecule has 1 saturated carbocycles. The van der Waals surface area contributed by atoms with Crippen molar-refractivity contribution < 1.29 is 0 Å². The Hall–Kier alpha value is -0.380. The second-order valence-corrected chi connectivity index (χ2v) is 7.93. The van der Waals surface area contributed by atoms with E-state index in [1.807, 2.05) is 11.3 Å². The van der Waals surface area contributed by atoms with Crippen LogP contribution in [0.4, 0.5) is 0 Å². The van der Waals surface area contributed by atoms with E-state index in [0.717, 1.165) is 0 Å². The minimum atomic E-state index is 0.283. The molecular formula is C16H26N2S. The summed E-state index contributed by atoms with van der Waals surface area (Å²) in [4.78, 5) is 4.22. The Balaban J connectivity index is 1.66. The predicted molar refractivity (Wildman–Crippen MR) is 83.0 cm³/mol. The van der Waals surface area contributed by atoms with Gasteiger partial charge in [-0.05, 0) is 24.3 Å². The number of nitrogens with zero attached hydrogens (tertiary/aromatic N) is 1. The molecule has 1 aromatic rings. The maximum atomic E-state index is 3.81. The number of nitrogens with one attached hydrogen (secondary N) is 1. The smallest absolute Gasteiger partial charge is 0.0309 e. The molecule has 2 nitrogen and oxygen atoms in total. The van der Waals surface area contributed by atoms with Gasteiger partial charge in [0.25, 0.3) is 0 Å². The van der Waals surface area contributed by atoms with Crippen LogP contribution in [0.2, 0.25) is 0 Å². The first kappa shape index (κ1) is 13.6. The molecular weight excluding hydrogens is 252 g/mol. The summed E-state index contributed by atoms with van der Waals surface area (Å²) in [6.07, 6.45) is 5.58. The van der Waals surface area contributed by atoms with Crippen molar-refractivity contribution in [2.45, 2.75) is 50.5 Å². The van der Waals surface area contributed by atoms with Crippen LogP contribution in [0, 0.1) is 0 Å². The second kappa shape index (κ2) is 5.19. The van der Waals surface area contributed by atoms with Crippen molar-refractivity contribution in [2.24, 2.45) is 0 Å². The molecule has 0 radical (unpaired) electrons. The van der Waals surface area contributed by atoms with Gasteiger partial charge in [0, 0.05) is 42.0 Å². The summed E-state index contributed by atoms with van der Waals surface area (Å²) in [6, 6.07) is 4.47. The van der Waals surface area contributed by atoms with Crippen molar-refractivity contribution in [2.75, 3.05) is 26.2 Å². The molecule has 0 unspecified atom stereocenters. The molecule has 1 N–H and O–H groups in total. The number of piperazine rings is 1. The van der Waals surface area contributed by atoms with Crippen molar-refractivity contribution >= 4 is 11.3 Å². The van der Waals surface area contributed by atoms with Crippen LogP contribution < -0.4 is 5.32 Å². The Morgan fingerprint density at radius 3 is 2.84 bits per heavy atom. The summed E-state index contributed by atoms with van der Waals surface area (Å²) in [6.45, 7) is 9.60. The molecule has 3 heteroatoms. The highest BCUT2D eigenvalue weighted by Gasteiger charge is 2.39. The van der Waals surface area contributed by atoms with E-state index >= 15 is 0 Å². The van der Waals surface area contributed by atoms with Crippen LogP contribution in [0.3, 0.4) is 0 Å².